The highest BCUT2D eigenvalue weighted by molar-refractivity contribution is 7.09. The molecule has 3 aromatic rings. The van der Waals surface area contributed by atoms with Gasteiger partial charge in [-0.15, -0.1) is 11.3 Å². The number of nitrogens with one attached hydrogen (secondary N) is 1. The van der Waals surface area contributed by atoms with Crippen molar-refractivity contribution in [3.05, 3.63) is 52.7 Å². The van der Waals surface area contributed by atoms with Crippen molar-refractivity contribution < 1.29 is 4.74 Å². The molecule has 30 heavy (non-hydrogen) atoms. The van der Waals surface area contributed by atoms with Crippen LogP contribution >= 0.6 is 11.3 Å². The van der Waals surface area contributed by atoms with E-state index in [0.717, 1.165) is 61.7 Å². The molecule has 1 aliphatic rings. The second-order valence-electron chi connectivity index (χ2n) is 7.51. The number of anilines is 4. The lowest BCUT2D eigenvalue weighted by Crippen LogP contribution is -2.46. The lowest BCUT2D eigenvalue weighted by molar-refractivity contribution is 0.251. The summed E-state index contributed by atoms with van der Waals surface area (Å²) in [5.41, 5.74) is 0.935. The number of ether oxygens (including phenoxy) is 1. The van der Waals surface area contributed by atoms with Crippen LogP contribution in [0, 0.1) is 0 Å². The van der Waals surface area contributed by atoms with Crippen LogP contribution in [-0.4, -0.2) is 62.3 Å². The van der Waals surface area contributed by atoms with Gasteiger partial charge in [0.15, 0.2) is 0 Å². The van der Waals surface area contributed by atoms with Crippen molar-refractivity contribution >= 4 is 34.6 Å². The predicted molar refractivity (Wildman–Crippen MR) is 124 cm³/mol. The molecule has 4 rings (SSSR count). The first-order valence-corrected chi connectivity index (χ1v) is 11.0. The van der Waals surface area contributed by atoms with Crippen molar-refractivity contribution in [1.29, 1.82) is 0 Å². The summed E-state index contributed by atoms with van der Waals surface area (Å²) in [7, 11) is 5.67. The monoisotopic (exact) mass is 424 g/mol. The lowest BCUT2D eigenvalue weighted by Gasteiger charge is -2.34. The van der Waals surface area contributed by atoms with E-state index in [-0.39, 0.29) is 0 Å². The zero-order valence-electron chi connectivity index (χ0n) is 17.7. The summed E-state index contributed by atoms with van der Waals surface area (Å²) < 4.78 is 5.33. The second-order valence-corrected chi connectivity index (χ2v) is 8.54. The highest BCUT2D eigenvalue weighted by atomic mass is 32.1. The number of hydrogen-bond acceptors (Lipinski definition) is 8. The van der Waals surface area contributed by atoms with Crippen LogP contribution in [0.25, 0.3) is 0 Å². The van der Waals surface area contributed by atoms with E-state index in [0.29, 0.717) is 0 Å². The van der Waals surface area contributed by atoms with Gasteiger partial charge in [-0.2, -0.15) is 9.97 Å². The zero-order chi connectivity index (χ0) is 20.9. The van der Waals surface area contributed by atoms with Crippen LogP contribution in [0.1, 0.15) is 4.88 Å². The van der Waals surface area contributed by atoms with Gasteiger partial charge in [0.25, 0.3) is 0 Å². The second kappa shape index (κ2) is 9.32. The quantitative estimate of drug-likeness (QED) is 0.621. The molecule has 1 saturated heterocycles. The van der Waals surface area contributed by atoms with Gasteiger partial charge < -0.3 is 19.9 Å². The Balaban J connectivity index is 1.48. The predicted octanol–water partition coefficient (Wildman–Crippen LogP) is 3.68. The van der Waals surface area contributed by atoms with Gasteiger partial charge in [0, 0.05) is 69.5 Å². The van der Waals surface area contributed by atoms with E-state index < -0.39 is 0 Å². The molecule has 0 aliphatic carbocycles. The van der Waals surface area contributed by atoms with Crippen molar-refractivity contribution in [2.24, 2.45) is 0 Å². The molecular formula is C22H28N6OS. The van der Waals surface area contributed by atoms with Crippen LogP contribution in [0.4, 0.5) is 23.3 Å². The largest absolute Gasteiger partial charge is 0.497 e. The van der Waals surface area contributed by atoms with Crippen LogP contribution in [0.15, 0.2) is 47.8 Å². The van der Waals surface area contributed by atoms with Gasteiger partial charge in [-0.25, -0.2) is 0 Å². The Bertz CT molecular complexity index is 954. The van der Waals surface area contributed by atoms with Gasteiger partial charge in [-0.05, 0) is 23.6 Å². The van der Waals surface area contributed by atoms with Crippen LogP contribution < -0.4 is 19.9 Å². The van der Waals surface area contributed by atoms with Crippen molar-refractivity contribution in [2.45, 2.75) is 6.54 Å². The molecule has 0 radical (unpaired) electrons. The third kappa shape index (κ3) is 5.01. The molecule has 1 aliphatic heterocycles. The molecule has 7 nitrogen and oxygen atoms in total. The number of rotatable bonds is 7. The maximum Gasteiger partial charge on any atom is 0.229 e. The smallest absolute Gasteiger partial charge is 0.229 e. The van der Waals surface area contributed by atoms with Gasteiger partial charge in [0.05, 0.1) is 7.11 Å². The Morgan fingerprint density at radius 2 is 1.90 bits per heavy atom. The molecule has 1 fully saturated rings. The number of nitrogens with zero attached hydrogens (tertiary/aromatic N) is 5. The Kier molecular flexibility index (Phi) is 6.35. The molecule has 158 valence electrons. The Labute approximate surface area is 181 Å². The standard InChI is InChI=1S/C22H28N6OS/c1-26(2)21-15-20(23-17-6-4-7-18(14-17)29-3)24-22(25-21)28-11-9-27(10-12-28)16-19-8-5-13-30-19/h4-8,13-15H,9-12,16H2,1-3H3,(H,23,24,25). The van der Waals surface area contributed by atoms with Gasteiger partial charge in [0.2, 0.25) is 5.95 Å². The summed E-state index contributed by atoms with van der Waals surface area (Å²) in [4.78, 5) is 17.8. The van der Waals surface area contributed by atoms with Crippen molar-refractivity contribution in [2.75, 3.05) is 62.5 Å². The third-order valence-corrected chi connectivity index (χ3v) is 5.98. The number of hydrogen-bond donors (Lipinski definition) is 1. The lowest BCUT2D eigenvalue weighted by atomic mass is 10.3. The molecule has 2 aromatic heterocycles. The minimum Gasteiger partial charge on any atom is -0.497 e. The van der Waals surface area contributed by atoms with Crippen LogP contribution in [0.5, 0.6) is 5.75 Å². The normalized spacial score (nSPS) is 14.6. The van der Waals surface area contributed by atoms with Crippen LogP contribution in [0.3, 0.4) is 0 Å². The van der Waals surface area contributed by atoms with Crippen molar-refractivity contribution in [3.63, 3.8) is 0 Å². The fourth-order valence-electron chi connectivity index (χ4n) is 3.43. The van der Waals surface area contributed by atoms with E-state index in [1.807, 2.05) is 60.7 Å². The number of aromatic nitrogens is 2. The van der Waals surface area contributed by atoms with E-state index in [1.54, 1.807) is 7.11 Å². The van der Waals surface area contributed by atoms with E-state index >= 15 is 0 Å². The number of piperazine rings is 1. The fraction of sp³-hybridized carbons (Fsp3) is 0.364. The summed E-state index contributed by atoms with van der Waals surface area (Å²) in [6.07, 6.45) is 0. The summed E-state index contributed by atoms with van der Waals surface area (Å²) in [5, 5.41) is 5.54. The number of thiophene rings is 1. The SMILES string of the molecule is COc1cccc(Nc2cc(N(C)C)nc(N3CCN(Cc4cccs4)CC3)n2)c1. The van der Waals surface area contributed by atoms with Crippen molar-refractivity contribution in [3.8, 4) is 5.75 Å². The summed E-state index contributed by atoms with van der Waals surface area (Å²) in [6, 6.07) is 14.1. The Morgan fingerprint density at radius 3 is 2.60 bits per heavy atom. The van der Waals surface area contributed by atoms with Crippen molar-refractivity contribution in [1.82, 2.24) is 14.9 Å². The van der Waals surface area contributed by atoms with E-state index in [2.05, 4.69) is 32.6 Å². The molecule has 0 spiro atoms. The molecule has 0 saturated carbocycles. The third-order valence-electron chi connectivity index (χ3n) is 5.12. The Morgan fingerprint density at radius 1 is 1.07 bits per heavy atom. The maximum absolute atomic E-state index is 5.33. The first-order chi connectivity index (χ1) is 14.6. The molecule has 3 heterocycles. The minimum absolute atomic E-state index is 0.766. The van der Waals surface area contributed by atoms with Gasteiger partial charge in [0.1, 0.15) is 17.4 Å². The molecule has 0 atom stereocenters. The average Bonchev–Trinajstić information content (AvgIpc) is 3.27. The highest BCUT2D eigenvalue weighted by Crippen LogP contribution is 2.25. The summed E-state index contributed by atoms with van der Waals surface area (Å²) >= 11 is 1.82. The summed E-state index contributed by atoms with van der Waals surface area (Å²) in [6.45, 7) is 4.87. The minimum atomic E-state index is 0.766. The molecule has 0 unspecified atom stereocenters. The highest BCUT2D eigenvalue weighted by Gasteiger charge is 2.21. The van der Waals surface area contributed by atoms with Gasteiger partial charge in [-0.1, -0.05) is 12.1 Å². The van der Waals surface area contributed by atoms with E-state index in [1.165, 1.54) is 4.88 Å². The molecule has 0 bridgehead atoms. The average molecular weight is 425 g/mol. The van der Waals surface area contributed by atoms with Crippen LogP contribution in [-0.2, 0) is 6.54 Å². The zero-order valence-corrected chi connectivity index (χ0v) is 18.5. The molecule has 8 heteroatoms. The first-order valence-electron chi connectivity index (χ1n) is 10.1. The molecule has 1 N–H and O–H groups in total. The molecule has 0 amide bonds. The fourth-order valence-corrected chi connectivity index (χ4v) is 4.18. The maximum atomic E-state index is 5.33. The summed E-state index contributed by atoms with van der Waals surface area (Å²) in [5.74, 6) is 3.23. The van der Waals surface area contributed by atoms with Gasteiger partial charge in [-0.3, -0.25) is 4.90 Å². The van der Waals surface area contributed by atoms with E-state index in [9.17, 15) is 0 Å². The first kappa shape index (κ1) is 20.4. The van der Waals surface area contributed by atoms with E-state index in [4.69, 9.17) is 14.7 Å². The van der Waals surface area contributed by atoms with Gasteiger partial charge >= 0.3 is 0 Å². The topological polar surface area (TPSA) is 56.8 Å². The number of methoxy groups -OCH3 is 1. The Hall–Kier alpha value is -2.84. The van der Waals surface area contributed by atoms with Crippen LogP contribution in [0.2, 0.25) is 0 Å². The number of benzene rings is 1. The molecule has 1 aromatic carbocycles. The molecular weight excluding hydrogens is 396 g/mol.